The molecule has 14 heavy (non-hydrogen) atoms. The maximum absolute atomic E-state index is 11.1. The fourth-order valence-corrected chi connectivity index (χ4v) is 1.14. The van der Waals surface area contributed by atoms with E-state index < -0.39 is 6.10 Å². The van der Waals surface area contributed by atoms with Crippen molar-refractivity contribution < 1.29 is 14.6 Å². The highest BCUT2D eigenvalue weighted by atomic mass is 35.5. The van der Waals surface area contributed by atoms with Gasteiger partial charge in [-0.15, -0.1) is 11.6 Å². The number of halogens is 1. The van der Waals surface area contributed by atoms with E-state index in [4.69, 9.17) is 16.3 Å². The summed E-state index contributed by atoms with van der Waals surface area (Å²) in [7, 11) is 1.51. The van der Waals surface area contributed by atoms with Gasteiger partial charge in [-0.25, -0.2) is 0 Å². The molecule has 0 rings (SSSR count). The summed E-state index contributed by atoms with van der Waals surface area (Å²) in [5.41, 5.74) is 0. The van der Waals surface area contributed by atoms with Crippen LogP contribution in [0.2, 0.25) is 0 Å². The van der Waals surface area contributed by atoms with Gasteiger partial charge in [-0.3, -0.25) is 4.79 Å². The third kappa shape index (κ3) is 8.29. The number of aliphatic hydroxyl groups is 1. The monoisotopic (exact) mass is 223 g/mol. The van der Waals surface area contributed by atoms with Crippen molar-refractivity contribution in [3.63, 3.8) is 0 Å². The molecule has 84 valence electrons. The minimum atomic E-state index is -0.628. The molecule has 0 saturated carbocycles. The van der Waals surface area contributed by atoms with Crippen LogP contribution in [-0.4, -0.2) is 43.3 Å². The molecule has 0 aliphatic heterocycles. The van der Waals surface area contributed by atoms with Crippen molar-refractivity contribution in [2.45, 2.75) is 25.4 Å². The normalized spacial score (nSPS) is 12.5. The van der Waals surface area contributed by atoms with Crippen LogP contribution in [0.3, 0.4) is 0 Å². The van der Waals surface area contributed by atoms with Gasteiger partial charge in [0.15, 0.2) is 0 Å². The highest BCUT2D eigenvalue weighted by molar-refractivity contribution is 6.17. The van der Waals surface area contributed by atoms with Crippen LogP contribution in [0.1, 0.15) is 19.3 Å². The summed E-state index contributed by atoms with van der Waals surface area (Å²) in [6.07, 6.45) is 1.47. The molecule has 0 aromatic carbocycles. The Labute approximate surface area is 89.6 Å². The van der Waals surface area contributed by atoms with Crippen LogP contribution >= 0.6 is 11.6 Å². The first-order valence-corrected chi connectivity index (χ1v) is 5.23. The lowest BCUT2D eigenvalue weighted by atomic mass is 10.2. The van der Waals surface area contributed by atoms with Gasteiger partial charge in [-0.1, -0.05) is 0 Å². The fraction of sp³-hybridized carbons (Fsp3) is 0.889. The molecule has 0 aliphatic carbocycles. The molecule has 0 heterocycles. The van der Waals surface area contributed by atoms with Gasteiger partial charge in [0.25, 0.3) is 0 Å². The lowest BCUT2D eigenvalue weighted by Gasteiger charge is -2.10. The van der Waals surface area contributed by atoms with Gasteiger partial charge in [0.1, 0.15) is 0 Å². The van der Waals surface area contributed by atoms with E-state index in [0.717, 1.165) is 12.8 Å². The topological polar surface area (TPSA) is 58.6 Å². The van der Waals surface area contributed by atoms with Crippen molar-refractivity contribution in [2.75, 3.05) is 26.1 Å². The van der Waals surface area contributed by atoms with Gasteiger partial charge in [-0.2, -0.15) is 0 Å². The van der Waals surface area contributed by atoms with E-state index in [-0.39, 0.29) is 19.1 Å². The molecule has 0 saturated heterocycles. The molecule has 0 radical (unpaired) electrons. The number of aliphatic hydroxyl groups excluding tert-OH is 1. The van der Waals surface area contributed by atoms with E-state index >= 15 is 0 Å². The third-order valence-electron chi connectivity index (χ3n) is 1.68. The van der Waals surface area contributed by atoms with Crippen molar-refractivity contribution >= 4 is 17.5 Å². The first-order valence-electron chi connectivity index (χ1n) is 4.70. The third-order valence-corrected chi connectivity index (χ3v) is 1.95. The van der Waals surface area contributed by atoms with Gasteiger partial charge in [0.2, 0.25) is 5.91 Å². The molecule has 0 spiro atoms. The van der Waals surface area contributed by atoms with Gasteiger partial charge in [-0.05, 0) is 12.8 Å². The van der Waals surface area contributed by atoms with E-state index in [9.17, 15) is 9.90 Å². The number of hydrogen-bond donors (Lipinski definition) is 2. The molecule has 1 atom stereocenters. The minimum Gasteiger partial charge on any atom is -0.389 e. The molecule has 5 heteroatoms. The maximum atomic E-state index is 11.1. The Morgan fingerprint density at radius 2 is 2.29 bits per heavy atom. The minimum absolute atomic E-state index is 0.0507. The van der Waals surface area contributed by atoms with Crippen LogP contribution in [0.4, 0.5) is 0 Å². The molecule has 0 aromatic heterocycles. The van der Waals surface area contributed by atoms with E-state index in [1.807, 2.05) is 0 Å². The molecule has 4 nitrogen and oxygen atoms in total. The first kappa shape index (κ1) is 13.7. The summed E-state index contributed by atoms with van der Waals surface area (Å²) >= 11 is 5.47. The Morgan fingerprint density at radius 1 is 1.57 bits per heavy atom. The maximum Gasteiger partial charge on any atom is 0.220 e. The number of unbranched alkanes of at least 4 members (excludes halogenated alkanes) is 1. The van der Waals surface area contributed by atoms with Crippen molar-refractivity contribution in [3.8, 4) is 0 Å². The number of amides is 1. The number of carbonyl (C=O) groups is 1. The second-order valence-electron chi connectivity index (χ2n) is 3.06. The Balaban J connectivity index is 3.34. The molecule has 1 unspecified atom stereocenters. The van der Waals surface area contributed by atoms with E-state index in [2.05, 4.69) is 5.32 Å². The number of methoxy groups -OCH3 is 1. The molecular weight excluding hydrogens is 206 g/mol. The number of carbonyl (C=O) groups excluding carboxylic acids is 1. The Kier molecular flexibility index (Phi) is 9.03. The predicted octanol–water partition coefficient (Wildman–Crippen LogP) is 0.519. The van der Waals surface area contributed by atoms with Crippen LogP contribution in [-0.2, 0) is 9.53 Å². The van der Waals surface area contributed by atoms with Crippen molar-refractivity contribution in [2.24, 2.45) is 0 Å². The quantitative estimate of drug-likeness (QED) is 0.466. The first-order chi connectivity index (χ1) is 6.70. The summed E-state index contributed by atoms with van der Waals surface area (Å²) in [4.78, 5) is 11.1. The fourth-order valence-electron chi connectivity index (χ4n) is 0.951. The summed E-state index contributed by atoms with van der Waals surface area (Å²) in [6, 6.07) is 0. The number of ether oxygens (including phenoxy) is 1. The average molecular weight is 224 g/mol. The SMILES string of the molecule is COCC(O)CNC(=O)CCCCCl. The van der Waals surface area contributed by atoms with E-state index in [1.54, 1.807) is 0 Å². The van der Waals surface area contributed by atoms with Gasteiger partial charge in [0.05, 0.1) is 12.7 Å². The Hall–Kier alpha value is -0.320. The molecule has 0 bridgehead atoms. The summed E-state index contributed by atoms with van der Waals surface area (Å²) in [5.74, 6) is 0.532. The molecule has 1 amide bonds. The summed E-state index contributed by atoms with van der Waals surface area (Å²) in [6.45, 7) is 0.482. The zero-order valence-electron chi connectivity index (χ0n) is 8.46. The van der Waals surface area contributed by atoms with Gasteiger partial charge >= 0.3 is 0 Å². The standard InChI is InChI=1S/C9H18ClNO3/c1-14-7-8(12)6-11-9(13)4-2-3-5-10/h8,12H,2-7H2,1H3,(H,11,13). The largest absolute Gasteiger partial charge is 0.389 e. The number of hydrogen-bond acceptors (Lipinski definition) is 3. The molecule has 0 aromatic rings. The number of nitrogens with one attached hydrogen (secondary N) is 1. The van der Waals surface area contributed by atoms with Crippen LogP contribution in [0.25, 0.3) is 0 Å². The second kappa shape index (κ2) is 9.24. The van der Waals surface area contributed by atoms with Crippen molar-refractivity contribution in [1.82, 2.24) is 5.32 Å². The zero-order chi connectivity index (χ0) is 10.8. The van der Waals surface area contributed by atoms with Crippen molar-refractivity contribution in [1.29, 1.82) is 0 Å². The zero-order valence-corrected chi connectivity index (χ0v) is 9.22. The number of rotatable bonds is 8. The second-order valence-corrected chi connectivity index (χ2v) is 3.44. The van der Waals surface area contributed by atoms with E-state index in [0.29, 0.717) is 12.3 Å². The van der Waals surface area contributed by atoms with Crippen molar-refractivity contribution in [3.05, 3.63) is 0 Å². The molecule has 2 N–H and O–H groups in total. The van der Waals surface area contributed by atoms with Gasteiger partial charge in [0, 0.05) is 26.0 Å². The smallest absolute Gasteiger partial charge is 0.220 e. The molecule has 0 fully saturated rings. The molecular formula is C9H18ClNO3. The number of alkyl halides is 1. The average Bonchev–Trinajstić information content (AvgIpc) is 2.16. The lowest BCUT2D eigenvalue weighted by molar-refractivity contribution is -0.121. The highest BCUT2D eigenvalue weighted by Crippen LogP contribution is 1.96. The van der Waals surface area contributed by atoms with Crippen LogP contribution < -0.4 is 5.32 Å². The molecule has 0 aliphatic rings. The predicted molar refractivity (Wildman–Crippen MR) is 55.5 cm³/mol. The van der Waals surface area contributed by atoms with Gasteiger partial charge < -0.3 is 15.2 Å². The Bertz CT molecular complexity index is 155. The van der Waals surface area contributed by atoms with Crippen LogP contribution in [0, 0.1) is 0 Å². The lowest BCUT2D eigenvalue weighted by Crippen LogP contribution is -2.34. The Morgan fingerprint density at radius 3 is 2.86 bits per heavy atom. The van der Waals surface area contributed by atoms with E-state index in [1.165, 1.54) is 7.11 Å². The van der Waals surface area contributed by atoms with Crippen LogP contribution in [0.5, 0.6) is 0 Å². The summed E-state index contributed by atoms with van der Waals surface area (Å²) < 4.78 is 4.72. The highest BCUT2D eigenvalue weighted by Gasteiger charge is 2.05. The van der Waals surface area contributed by atoms with Crippen LogP contribution in [0.15, 0.2) is 0 Å². The summed E-state index contributed by atoms with van der Waals surface area (Å²) in [5, 5.41) is 11.8.